The summed E-state index contributed by atoms with van der Waals surface area (Å²) in [5.41, 5.74) is 0. The second kappa shape index (κ2) is 8.05. The summed E-state index contributed by atoms with van der Waals surface area (Å²) in [7, 11) is 0. The van der Waals surface area contributed by atoms with Crippen LogP contribution in [0.3, 0.4) is 0 Å². The molecule has 2 N–H and O–H groups in total. The van der Waals surface area contributed by atoms with Crippen molar-refractivity contribution >= 4 is 11.8 Å². The molecule has 0 aliphatic carbocycles. The van der Waals surface area contributed by atoms with Crippen LogP contribution in [0.1, 0.15) is 6.42 Å². The average Bonchev–Trinajstić information content (AvgIpc) is 2.38. The number of hydrogen-bond donors (Lipinski definition) is 2. The van der Waals surface area contributed by atoms with E-state index in [2.05, 4.69) is 5.32 Å². The van der Waals surface area contributed by atoms with Crippen LogP contribution in [0.5, 0.6) is 0 Å². The second-order valence-corrected chi connectivity index (χ2v) is 4.31. The Morgan fingerprint density at radius 3 is 2.45 bits per heavy atom. The van der Waals surface area contributed by atoms with E-state index < -0.39 is 25.2 Å². The number of rotatable bonds is 6. The molecule has 116 valence electrons. The lowest BCUT2D eigenvalue weighted by atomic mass is 10.3. The van der Waals surface area contributed by atoms with Crippen molar-refractivity contribution in [3.05, 3.63) is 0 Å². The summed E-state index contributed by atoms with van der Waals surface area (Å²) in [4.78, 5) is 24.5. The molecule has 0 aromatic rings. The van der Waals surface area contributed by atoms with Gasteiger partial charge in [-0.25, -0.2) is 0 Å². The van der Waals surface area contributed by atoms with Gasteiger partial charge in [-0.2, -0.15) is 13.2 Å². The van der Waals surface area contributed by atoms with Crippen LogP contribution in [-0.4, -0.2) is 68.8 Å². The average molecular weight is 297 g/mol. The Bertz CT molecular complexity index is 331. The van der Waals surface area contributed by atoms with Crippen molar-refractivity contribution in [2.24, 2.45) is 0 Å². The summed E-state index contributed by atoms with van der Waals surface area (Å²) in [6.07, 6.45) is -4.21. The molecule has 0 aromatic heterocycles. The zero-order valence-electron chi connectivity index (χ0n) is 11.0. The first-order valence-corrected chi connectivity index (χ1v) is 6.28. The topological polar surface area (TPSA) is 70.7 Å². The van der Waals surface area contributed by atoms with Crippen LogP contribution in [0.15, 0.2) is 0 Å². The Hall–Kier alpha value is -1.35. The number of nitrogens with one attached hydrogen (secondary N) is 2. The molecule has 0 bridgehead atoms. The Morgan fingerprint density at radius 1 is 1.20 bits per heavy atom. The molecule has 1 saturated heterocycles. The first-order valence-electron chi connectivity index (χ1n) is 6.28. The zero-order chi connectivity index (χ0) is 15.0. The van der Waals surface area contributed by atoms with Crippen LogP contribution in [0.2, 0.25) is 0 Å². The van der Waals surface area contributed by atoms with Gasteiger partial charge in [0.25, 0.3) is 0 Å². The van der Waals surface area contributed by atoms with Gasteiger partial charge >= 0.3 is 6.18 Å². The van der Waals surface area contributed by atoms with Gasteiger partial charge in [0, 0.05) is 26.1 Å². The highest BCUT2D eigenvalue weighted by Crippen LogP contribution is 2.11. The summed E-state index contributed by atoms with van der Waals surface area (Å²) >= 11 is 0. The molecule has 0 aromatic carbocycles. The van der Waals surface area contributed by atoms with E-state index in [1.54, 1.807) is 4.90 Å². The molecule has 0 saturated carbocycles. The second-order valence-electron chi connectivity index (χ2n) is 4.31. The van der Waals surface area contributed by atoms with E-state index in [9.17, 15) is 22.8 Å². The molecular weight excluding hydrogens is 279 g/mol. The number of morpholine rings is 1. The van der Waals surface area contributed by atoms with Crippen LogP contribution < -0.4 is 10.6 Å². The number of amides is 2. The minimum Gasteiger partial charge on any atom is -0.378 e. The van der Waals surface area contributed by atoms with Crippen molar-refractivity contribution in [3.63, 3.8) is 0 Å². The van der Waals surface area contributed by atoms with E-state index >= 15 is 0 Å². The molecular formula is C11H18F3N3O3. The lowest BCUT2D eigenvalue weighted by Crippen LogP contribution is -2.43. The monoisotopic (exact) mass is 297 g/mol. The number of carbonyl (C=O) groups is 2. The Kier molecular flexibility index (Phi) is 6.73. The summed E-state index contributed by atoms with van der Waals surface area (Å²) < 4.78 is 40.5. The smallest absolute Gasteiger partial charge is 0.378 e. The SMILES string of the molecule is O=C(CNCC(F)(F)F)NCCC(=O)N1CCOCC1. The summed E-state index contributed by atoms with van der Waals surface area (Å²) in [5, 5.41) is 4.37. The molecule has 1 heterocycles. The van der Waals surface area contributed by atoms with E-state index in [0.29, 0.717) is 26.3 Å². The van der Waals surface area contributed by atoms with Gasteiger partial charge in [0.15, 0.2) is 0 Å². The Balaban J connectivity index is 2.07. The highest BCUT2D eigenvalue weighted by atomic mass is 19.4. The van der Waals surface area contributed by atoms with Crippen molar-refractivity contribution in [1.29, 1.82) is 0 Å². The van der Waals surface area contributed by atoms with E-state index in [1.165, 1.54) is 0 Å². The molecule has 9 heteroatoms. The van der Waals surface area contributed by atoms with Gasteiger partial charge in [-0.3, -0.25) is 9.59 Å². The highest BCUT2D eigenvalue weighted by Gasteiger charge is 2.26. The van der Waals surface area contributed by atoms with Crippen molar-refractivity contribution in [2.75, 3.05) is 45.9 Å². The number of hydrogen-bond acceptors (Lipinski definition) is 4. The highest BCUT2D eigenvalue weighted by molar-refractivity contribution is 5.80. The largest absolute Gasteiger partial charge is 0.401 e. The Morgan fingerprint density at radius 2 is 1.85 bits per heavy atom. The van der Waals surface area contributed by atoms with E-state index in [4.69, 9.17) is 4.74 Å². The molecule has 0 unspecified atom stereocenters. The number of ether oxygens (including phenoxy) is 1. The fourth-order valence-electron chi connectivity index (χ4n) is 1.66. The predicted molar refractivity (Wildman–Crippen MR) is 64.0 cm³/mol. The molecule has 0 radical (unpaired) electrons. The number of carbonyl (C=O) groups excluding carboxylic acids is 2. The molecule has 6 nitrogen and oxygen atoms in total. The van der Waals surface area contributed by atoms with Crippen LogP contribution in [0.25, 0.3) is 0 Å². The molecule has 1 aliphatic rings. The standard InChI is InChI=1S/C11H18F3N3O3/c12-11(13,14)8-15-7-9(18)16-2-1-10(19)17-3-5-20-6-4-17/h15H,1-8H2,(H,16,18). The molecule has 2 amide bonds. The minimum absolute atomic E-state index is 0.100. The first-order chi connectivity index (χ1) is 9.38. The van der Waals surface area contributed by atoms with Crippen molar-refractivity contribution < 1.29 is 27.5 Å². The third kappa shape index (κ3) is 7.29. The van der Waals surface area contributed by atoms with Crippen LogP contribution in [0, 0.1) is 0 Å². The summed E-state index contributed by atoms with van der Waals surface area (Å²) in [6.45, 7) is 0.528. The van der Waals surface area contributed by atoms with Gasteiger partial charge in [-0.05, 0) is 0 Å². The first kappa shape index (κ1) is 16.7. The maximum atomic E-state index is 11.8. The molecule has 0 spiro atoms. The van der Waals surface area contributed by atoms with E-state index in [1.807, 2.05) is 5.32 Å². The third-order valence-electron chi connectivity index (χ3n) is 2.64. The molecule has 1 fully saturated rings. The zero-order valence-corrected chi connectivity index (χ0v) is 11.0. The van der Waals surface area contributed by atoms with Crippen molar-refractivity contribution in [1.82, 2.24) is 15.5 Å². The maximum Gasteiger partial charge on any atom is 0.401 e. The Labute approximate surface area is 114 Å². The molecule has 0 atom stereocenters. The third-order valence-corrected chi connectivity index (χ3v) is 2.64. The lowest BCUT2D eigenvalue weighted by Gasteiger charge is -2.26. The van der Waals surface area contributed by atoms with Crippen LogP contribution >= 0.6 is 0 Å². The van der Waals surface area contributed by atoms with Crippen molar-refractivity contribution in [3.8, 4) is 0 Å². The summed E-state index contributed by atoms with van der Waals surface area (Å²) in [6, 6.07) is 0. The lowest BCUT2D eigenvalue weighted by molar-refractivity contribution is -0.135. The molecule has 1 aliphatic heterocycles. The van der Waals surface area contributed by atoms with Gasteiger partial charge in [-0.15, -0.1) is 0 Å². The fourth-order valence-corrected chi connectivity index (χ4v) is 1.66. The van der Waals surface area contributed by atoms with Crippen LogP contribution in [-0.2, 0) is 14.3 Å². The predicted octanol–water partition coefficient (Wildman–Crippen LogP) is -0.497. The van der Waals surface area contributed by atoms with Gasteiger partial charge < -0.3 is 20.3 Å². The van der Waals surface area contributed by atoms with Crippen LogP contribution in [0.4, 0.5) is 13.2 Å². The maximum absolute atomic E-state index is 11.8. The van der Waals surface area contributed by atoms with Gasteiger partial charge in [0.1, 0.15) is 0 Å². The summed E-state index contributed by atoms with van der Waals surface area (Å²) in [5.74, 6) is -0.666. The molecule has 1 rings (SSSR count). The quantitative estimate of drug-likeness (QED) is 0.694. The number of alkyl halides is 3. The number of nitrogens with zero attached hydrogens (tertiary/aromatic N) is 1. The normalized spacial score (nSPS) is 16.1. The van der Waals surface area contributed by atoms with Gasteiger partial charge in [0.2, 0.25) is 11.8 Å². The fraction of sp³-hybridized carbons (Fsp3) is 0.818. The van der Waals surface area contributed by atoms with Gasteiger partial charge in [0.05, 0.1) is 26.3 Å². The van der Waals surface area contributed by atoms with E-state index in [0.717, 1.165) is 0 Å². The molecule has 20 heavy (non-hydrogen) atoms. The van der Waals surface area contributed by atoms with E-state index in [-0.39, 0.29) is 18.9 Å². The minimum atomic E-state index is -4.34. The van der Waals surface area contributed by atoms with Gasteiger partial charge in [-0.1, -0.05) is 0 Å². The van der Waals surface area contributed by atoms with Crippen molar-refractivity contribution in [2.45, 2.75) is 12.6 Å². The number of halogens is 3.